The normalized spacial score (nSPS) is 18.2. The number of amides is 2. The molecule has 25 heavy (non-hydrogen) atoms. The van der Waals surface area contributed by atoms with Crippen molar-refractivity contribution in [1.29, 1.82) is 0 Å². The second-order valence-electron chi connectivity index (χ2n) is 6.47. The van der Waals surface area contributed by atoms with Gasteiger partial charge in [0, 0.05) is 39.8 Å². The Morgan fingerprint density at radius 3 is 2.40 bits per heavy atom. The molecule has 0 spiro atoms. The molecule has 1 aromatic rings. The van der Waals surface area contributed by atoms with Crippen molar-refractivity contribution in [2.75, 3.05) is 40.8 Å². The lowest BCUT2D eigenvalue weighted by atomic mass is 10.1. The summed E-state index contributed by atoms with van der Waals surface area (Å²) < 4.78 is 26.6. The average Bonchev–Trinajstić information content (AvgIpc) is 2.61. The first kappa shape index (κ1) is 19.4. The van der Waals surface area contributed by atoms with Crippen LogP contribution < -0.4 is 0 Å². The predicted molar refractivity (Wildman–Crippen MR) is 95.6 cm³/mol. The van der Waals surface area contributed by atoms with Gasteiger partial charge in [-0.3, -0.25) is 9.59 Å². The van der Waals surface area contributed by atoms with Crippen LogP contribution in [0.15, 0.2) is 30.3 Å². The summed E-state index contributed by atoms with van der Waals surface area (Å²) in [6.07, 6.45) is 1.11. The molecule has 2 amide bonds. The predicted octanol–water partition coefficient (Wildman–Crippen LogP) is 0.641. The minimum atomic E-state index is -3.65. The van der Waals surface area contributed by atoms with E-state index < -0.39 is 15.3 Å². The number of nitrogens with zero attached hydrogens (tertiary/aromatic N) is 3. The first-order valence-electron chi connectivity index (χ1n) is 8.23. The van der Waals surface area contributed by atoms with Crippen molar-refractivity contribution >= 4 is 21.8 Å². The van der Waals surface area contributed by atoms with Crippen molar-refractivity contribution in [3.05, 3.63) is 35.9 Å². The highest BCUT2D eigenvalue weighted by atomic mass is 32.2. The Morgan fingerprint density at radius 1 is 1.16 bits per heavy atom. The minimum Gasteiger partial charge on any atom is -0.348 e. The Hall–Kier alpha value is -1.93. The second kappa shape index (κ2) is 7.97. The van der Waals surface area contributed by atoms with Crippen LogP contribution in [0.25, 0.3) is 0 Å². The van der Waals surface area contributed by atoms with Crippen LogP contribution in [0, 0.1) is 0 Å². The third-order valence-electron chi connectivity index (χ3n) is 4.40. The molecule has 0 aromatic heterocycles. The molecule has 0 saturated carbocycles. The fraction of sp³-hybridized carbons (Fsp3) is 0.529. The zero-order valence-electron chi connectivity index (χ0n) is 14.9. The quantitative estimate of drug-likeness (QED) is 0.765. The van der Waals surface area contributed by atoms with E-state index in [4.69, 9.17) is 0 Å². The van der Waals surface area contributed by atoms with Crippen LogP contribution in [-0.2, 0) is 14.8 Å². The van der Waals surface area contributed by atoms with Crippen molar-refractivity contribution in [3.63, 3.8) is 0 Å². The molecule has 1 saturated heterocycles. The van der Waals surface area contributed by atoms with Crippen molar-refractivity contribution < 1.29 is 18.0 Å². The summed E-state index contributed by atoms with van der Waals surface area (Å²) in [6, 6.07) is 8.85. The first-order valence-corrected chi connectivity index (χ1v) is 9.73. The molecule has 0 aliphatic carbocycles. The van der Waals surface area contributed by atoms with Crippen LogP contribution >= 0.6 is 0 Å². The van der Waals surface area contributed by atoms with Crippen molar-refractivity contribution in [2.45, 2.75) is 18.1 Å². The number of rotatable bonds is 5. The summed E-state index contributed by atoms with van der Waals surface area (Å²) in [5.74, 6) is -0.438. The first-order chi connectivity index (χ1) is 11.7. The molecule has 1 fully saturated rings. The van der Waals surface area contributed by atoms with Gasteiger partial charge >= 0.3 is 0 Å². The zero-order valence-corrected chi connectivity index (χ0v) is 15.7. The number of piperidine rings is 1. The maximum atomic E-state index is 12.8. The summed E-state index contributed by atoms with van der Waals surface area (Å²) in [5.41, 5.74) is 0.552. The Bertz CT molecular complexity index is 719. The molecule has 138 valence electrons. The highest BCUT2D eigenvalue weighted by Gasteiger charge is 2.36. The molecule has 0 N–H and O–H groups in total. The highest BCUT2D eigenvalue weighted by Crippen LogP contribution is 2.21. The van der Waals surface area contributed by atoms with E-state index in [-0.39, 0.29) is 24.9 Å². The monoisotopic (exact) mass is 367 g/mol. The number of carbonyl (C=O) groups is 2. The Kier molecular flexibility index (Phi) is 6.18. The lowest BCUT2D eigenvalue weighted by Gasteiger charge is -2.34. The smallest absolute Gasteiger partial charge is 0.253 e. The van der Waals surface area contributed by atoms with Gasteiger partial charge in [-0.1, -0.05) is 18.2 Å². The summed E-state index contributed by atoms with van der Waals surface area (Å²) in [6.45, 7) is 0.495. The molecule has 7 nitrogen and oxygen atoms in total. The number of benzene rings is 1. The summed E-state index contributed by atoms with van der Waals surface area (Å²) in [7, 11) is 0.938. The second-order valence-corrected chi connectivity index (χ2v) is 8.79. The molecule has 0 unspecified atom stereocenters. The maximum absolute atomic E-state index is 12.8. The van der Waals surface area contributed by atoms with E-state index >= 15 is 0 Å². The van der Waals surface area contributed by atoms with Gasteiger partial charge in [-0.2, -0.15) is 4.31 Å². The molecule has 1 aromatic carbocycles. The van der Waals surface area contributed by atoms with Gasteiger partial charge in [-0.05, 0) is 25.0 Å². The maximum Gasteiger partial charge on any atom is 0.253 e. The summed E-state index contributed by atoms with van der Waals surface area (Å²) in [4.78, 5) is 27.3. The lowest BCUT2D eigenvalue weighted by Crippen LogP contribution is -2.50. The van der Waals surface area contributed by atoms with Gasteiger partial charge in [0.15, 0.2) is 0 Å². The molecule has 1 atom stereocenters. The number of sulfonamides is 1. The van der Waals surface area contributed by atoms with Crippen LogP contribution in [0.1, 0.15) is 23.2 Å². The fourth-order valence-corrected chi connectivity index (χ4v) is 4.44. The minimum absolute atomic E-state index is 0.149. The summed E-state index contributed by atoms with van der Waals surface area (Å²) in [5, 5.41) is -0.686. The molecule has 8 heteroatoms. The van der Waals surface area contributed by atoms with Crippen LogP contribution in [0.2, 0.25) is 0 Å². The van der Waals surface area contributed by atoms with Crippen molar-refractivity contribution in [3.8, 4) is 0 Å². The van der Waals surface area contributed by atoms with Crippen molar-refractivity contribution in [1.82, 2.24) is 14.1 Å². The number of hydrogen-bond donors (Lipinski definition) is 0. The van der Waals surface area contributed by atoms with Gasteiger partial charge in [-0.15, -0.1) is 0 Å². The highest BCUT2D eigenvalue weighted by molar-refractivity contribution is 7.89. The van der Waals surface area contributed by atoms with Gasteiger partial charge in [0.2, 0.25) is 15.9 Å². The Balaban J connectivity index is 2.09. The largest absolute Gasteiger partial charge is 0.348 e. The van der Waals surface area contributed by atoms with Crippen molar-refractivity contribution in [2.24, 2.45) is 0 Å². The van der Waals surface area contributed by atoms with Crippen LogP contribution in [0.3, 0.4) is 0 Å². The topological polar surface area (TPSA) is 78.0 Å². The molecular weight excluding hydrogens is 342 g/mol. The van der Waals surface area contributed by atoms with E-state index in [1.54, 1.807) is 43.3 Å². The number of hydrogen-bond acceptors (Lipinski definition) is 4. The zero-order chi connectivity index (χ0) is 18.6. The SMILES string of the molecule is CN(C)C(=O)CN(C)S(=O)(=O)[C@@H]1CCCN(C(=O)c2ccccc2)C1. The molecule has 1 aliphatic rings. The van der Waals surface area contributed by atoms with E-state index in [1.165, 1.54) is 11.9 Å². The van der Waals surface area contributed by atoms with Gasteiger partial charge in [0.25, 0.3) is 5.91 Å². The van der Waals surface area contributed by atoms with E-state index in [0.717, 1.165) is 4.31 Å². The third-order valence-corrected chi connectivity index (χ3v) is 6.62. The molecule has 1 aliphatic heterocycles. The van der Waals surface area contributed by atoms with E-state index in [1.807, 2.05) is 6.07 Å². The van der Waals surface area contributed by atoms with Gasteiger partial charge in [0.05, 0.1) is 11.8 Å². The van der Waals surface area contributed by atoms with Gasteiger partial charge < -0.3 is 9.80 Å². The third kappa shape index (κ3) is 4.58. The van der Waals surface area contributed by atoms with E-state index in [9.17, 15) is 18.0 Å². The molecule has 0 radical (unpaired) electrons. The molecule has 1 heterocycles. The van der Waals surface area contributed by atoms with Crippen LogP contribution in [0.5, 0.6) is 0 Å². The number of carbonyl (C=O) groups excluding carboxylic acids is 2. The average molecular weight is 367 g/mol. The Labute approximate surface area is 149 Å². The van der Waals surface area contributed by atoms with E-state index in [2.05, 4.69) is 0 Å². The van der Waals surface area contributed by atoms with E-state index in [0.29, 0.717) is 24.9 Å². The van der Waals surface area contributed by atoms with Crippen LogP contribution in [-0.4, -0.2) is 80.4 Å². The molecular formula is C17H25N3O4S. The molecule has 0 bridgehead atoms. The van der Waals surface area contributed by atoms with Gasteiger partial charge in [0.1, 0.15) is 0 Å². The number of likely N-dealkylation sites (N-methyl/N-ethyl adjacent to an activating group) is 2. The Morgan fingerprint density at radius 2 is 1.80 bits per heavy atom. The van der Waals surface area contributed by atoms with Crippen LogP contribution in [0.4, 0.5) is 0 Å². The lowest BCUT2D eigenvalue weighted by molar-refractivity contribution is -0.128. The fourth-order valence-electron chi connectivity index (χ4n) is 2.81. The standard InChI is InChI=1S/C17H25N3O4S/c1-18(2)16(21)13-19(3)25(23,24)15-10-7-11-20(12-15)17(22)14-8-5-4-6-9-14/h4-6,8-9,15H,7,10-13H2,1-3H3/t15-/m1/s1. The molecule has 2 rings (SSSR count). The number of likely N-dealkylation sites (tertiary alicyclic amines) is 1. The van der Waals surface area contributed by atoms with Gasteiger partial charge in [-0.25, -0.2) is 8.42 Å². The summed E-state index contributed by atoms with van der Waals surface area (Å²) >= 11 is 0.